The van der Waals surface area contributed by atoms with Gasteiger partial charge in [-0.15, -0.1) is 6.54 Å². The summed E-state index contributed by atoms with van der Waals surface area (Å²) in [5.74, 6) is 0.0787. The summed E-state index contributed by atoms with van der Waals surface area (Å²) in [6.45, 7) is 1.26. The number of carbonyl (C=O) groups excluding carboxylic acids is 1. The fourth-order valence-corrected chi connectivity index (χ4v) is 0.513. The molecule has 1 aliphatic rings. The van der Waals surface area contributed by atoms with Gasteiger partial charge in [-0.3, -0.25) is 0 Å². The van der Waals surface area contributed by atoms with Crippen LogP contribution in [0.4, 0.5) is 0 Å². The molecule has 0 bridgehead atoms. The summed E-state index contributed by atoms with van der Waals surface area (Å²) in [4.78, 5) is 18.3. The molecule has 4 nitrogen and oxygen atoms in total. The van der Waals surface area contributed by atoms with Crippen molar-refractivity contribution in [3.63, 3.8) is 0 Å². The second-order valence-electron chi connectivity index (χ2n) is 1.47. The van der Waals surface area contributed by atoms with Crippen molar-refractivity contribution in [1.82, 2.24) is 0 Å². The van der Waals surface area contributed by atoms with Crippen LogP contribution in [0.3, 0.4) is 0 Å². The summed E-state index contributed by atoms with van der Waals surface area (Å²) in [5, 5.41) is 10.4. The first kappa shape index (κ1) is 12.3. The minimum atomic E-state index is 0. The molecule has 0 aromatic rings. The van der Waals surface area contributed by atoms with Crippen LogP contribution < -0.4 is 0 Å². The van der Waals surface area contributed by atoms with Gasteiger partial charge in [-0.1, -0.05) is 12.9 Å². The number of nitrogens with zero attached hydrogens (tertiary/aromatic N) is 1. The van der Waals surface area contributed by atoms with Crippen LogP contribution in [0.25, 0.3) is 5.32 Å². The molecule has 1 aliphatic heterocycles. The van der Waals surface area contributed by atoms with Gasteiger partial charge in [0.1, 0.15) is 0 Å². The van der Waals surface area contributed by atoms with Crippen LogP contribution in [0.1, 0.15) is 12.8 Å². The van der Waals surface area contributed by atoms with Crippen LogP contribution in [-0.4, -0.2) is 24.0 Å². The largest absolute Gasteiger partial charge is 2.00 e. The molecule has 0 atom stereocenters. The van der Waals surface area contributed by atoms with Gasteiger partial charge in [-0.05, 0) is 6.42 Å². The van der Waals surface area contributed by atoms with Crippen molar-refractivity contribution in [3.05, 3.63) is 5.32 Å². The molecule has 1 N–H and O–H groups in total. The van der Waals surface area contributed by atoms with Crippen molar-refractivity contribution in [1.29, 1.82) is 0 Å². The average Bonchev–Trinajstić information content (AvgIpc) is 2.20. The van der Waals surface area contributed by atoms with Crippen molar-refractivity contribution in [2.45, 2.75) is 12.8 Å². The van der Waals surface area contributed by atoms with Gasteiger partial charge >= 0.3 is 19.5 Å². The predicted molar refractivity (Wildman–Crippen MR) is 30.8 cm³/mol. The van der Waals surface area contributed by atoms with Gasteiger partial charge in [0, 0.05) is 0 Å². The minimum Gasteiger partial charge on any atom is -0.665 e. The van der Waals surface area contributed by atoms with Crippen LogP contribution >= 0.6 is 0 Å². The average molecular weight is 195 g/mol. The molecule has 0 spiro atoms. The summed E-state index contributed by atoms with van der Waals surface area (Å²) >= 11 is 0. The van der Waals surface area contributed by atoms with Crippen molar-refractivity contribution < 1.29 is 34.2 Å². The number of amides is 1. The third-order valence-electron chi connectivity index (χ3n) is 0.837. The molecular formula is C5H7NO3Zn. The van der Waals surface area contributed by atoms with E-state index in [1.165, 1.54) is 0 Å². The second kappa shape index (κ2) is 8.56. The minimum absolute atomic E-state index is 0. The van der Waals surface area contributed by atoms with Crippen LogP contribution in [0.15, 0.2) is 0 Å². The topological polar surface area (TPSA) is 68.5 Å². The Kier molecular flexibility index (Phi) is 10.5. The molecule has 0 saturated carbocycles. The van der Waals surface area contributed by atoms with Gasteiger partial charge in [-0.25, -0.2) is 0 Å². The summed E-state index contributed by atoms with van der Waals surface area (Å²) in [7, 11) is 0. The molecule has 0 unspecified atom stereocenters. The zero-order valence-corrected chi connectivity index (χ0v) is 8.51. The van der Waals surface area contributed by atoms with Crippen molar-refractivity contribution in [2.75, 3.05) is 6.54 Å². The molecule has 52 valence electrons. The zero-order valence-electron chi connectivity index (χ0n) is 5.54. The molecule has 0 aromatic carbocycles. The normalized spacial score (nSPS) is 13.8. The van der Waals surface area contributed by atoms with Crippen LogP contribution in [0.5, 0.6) is 0 Å². The van der Waals surface area contributed by atoms with Crippen LogP contribution in [0, 0.1) is 0 Å². The van der Waals surface area contributed by atoms with Gasteiger partial charge in [0.15, 0.2) is 0 Å². The zero-order chi connectivity index (χ0) is 7.11. The van der Waals surface area contributed by atoms with E-state index in [-0.39, 0.29) is 25.4 Å². The number of hydrogen-bond donors (Lipinski definition) is 1. The Hall–Kier alpha value is -0.437. The van der Waals surface area contributed by atoms with E-state index in [9.17, 15) is 4.79 Å². The number of aliphatic hydroxyl groups excluding tert-OH is 1. The Morgan fingerprint density at radius 2 is 2.10 bits per heavy atom. The van der Waals surface area contributed by atoms with Gasteiger partial charge in [0.05, 0.1) is 5.91 Å². The Balaban J connectivity index is 0. The Morgan fingerprint density at radius 1 is 1.60 bits per heavy atom. The van der Waals surface area contributed by atoms with Gasteiger partial charge in [-0.2, -0.15) is 0 Å². The predicted octanol–water partition coefficient (Wildman–Crippen LogP) is 0.290. The first-order valence-electron chi connectivity index (χ1n) is 2.53. The number of rotatable bonds is 0. The summed E-state index contributed by atoms with van der Waals surface area (Å²) in [6.07, 6.45) is 1.65. The standard InChI is InChI=1S/C4H7NO.CHO2.Zn/c6-4-2-1-3-5-4;2-1-3;/h1-3H2,(H,5,6);(H,2,3);/q;-1;+2/p-1. The van der Waals surface area contributed by atoms with Crippen molar-refractivity contribution in [3.8, 4) is 0 Å². The molecule has 5 heteroatoms. The van der Waals surface area contributed by atoms with E-state index < -0.39 is 0 Å². The third kappa shape index (κ3) is 7.56. The Labute approximate surface area is 71.7 Å². The molecule has 1 rings (SSSR count). The quantitative estimate of drug-likeness (QED) is 0.445. The summed E-state index contributed by atoms with van der Waals surface area (Å²) < 4.78 is 0. The van der Waals surface area contributed by atoms with E-state index in [2.05, 4.69) is 5.32 Å². The molecule has 0 aliphatic carbocycles. The fourth-order valence-electron chi connectivity index (χ4n) is 0.513. The summed E-state index contributed by atoms with van der Waals surface area (Å²) in [5.41, 5.74) is 0. The fraction of sp³-hybridized carbons (Fsp3) is 0.600. The molecule has 1 amide bonds. The van der Waals surface area contributed by atoms with Crippen molar-refractivity contribution >= 4 is 12.4 Å². The van der Waals surface area contributed by atoms with E-state index in [4.69, 9.17) is 9.90 Å². The van der Waals surface area contributed by atoms with E-state index in [1.807, 2.05) is 0 Å². The molecule has 10 heavy (non-hydrogen) atoms. The Morgan fingerprint density at radius 3 is 2.20 bits per heavy atom. The molecule has 0 radical (unpaired) electrons. The maximum Gasteiger partial charge on any atom is 2.00 e. The van der Waals surface area contributed by atoms with E-state index >= 15 is 0 Å². The number of hydrogen-bond acceptors (Lipinski definition) is 2. The van der Waals surface area contributed by atoms with Crippen molar-refractivity contribution in [2.24, 2.45) is 0 Å². The first-order valence-corrected chi connectivity index (χ1v) is 2.53. The molecular weight excluding hydrogens is 187 g/mol. The summed E-state index contributed by atoms with van der Waals surface area (Å²) in [6, 6.07) is 0. The van der Waals surface area contributed by atoms with E-state index in [0.717, 1.165) is 13.0 Å². The molecule has 1 heterocycles. The van der Waals surface area contributed by atoms with Gasteiger partial charge in [0.25, 0.3) is 0 Å². The van der Waals surface area contributed by atoms with E-state index in [1.54, 1.807) is 0 Å². The SMILES string of the molecule is O=C1CCC[N-]1.O=[C-]O.[Zn+2]. The Bertz CT molecular complexity index is 99.1. The number of carbonyl (C=O) groups is 1. The van der Waals surface area contributed by atoms with Gasteiger partial charge in [0.2, 0.25) is 0 Å². The molecule has 1 saturated heterocycles. The molecule has 1 fully saturated rings. The maximum atomic E-state index is 10.1. The molecule has 0 aromatic heterocycles. The second-order valence-corrected chi connectivity index (χ2v) is 1.47. The van der Waals surface area contributed by atoms with Crippen LogP contribution in [0.2, 0.25) is 0 Å². The van der Waals surface area contributed by atoms with Crippen LogP contribution in [-0.2, 0) is 29.1 Å². The first-order chi connectivity index (χ1) is 4.31. The monoisotopic (exact) mass is 193 g/mol. The van der Waals surface area contributed by atoms with Gasteiger partial charge < -0.3 is 20.0 Å². The third-order valence-corrected chi connectivity index (χ3v) is 0.837. The smallest absolute Gasteiger partial charge is 0.665 e. The van der Waals surface area contributed by atoms with E-state index in [0.29, 0.717) is 12.9 Å². The maximum absolute atomic E-state index is 10.1.